The van der Waals surface area contributed by atoms with Crippen LogP contribution in [0.1, 0.15) is 15.9 Å². The van der Waals surface area contributed by atoms with Gasteiger partial charge in [0.2, 0.25) is 0 Å². The van der Waals surface area contributed by atoms with Crippen LogP contribution >= 0.6 is 0 Å². The summed E-state index contributed by atoms with van der Waals surface area (Å²) in [5, 5.41) is 0. The minimum Gasteiger partial charge on any atom is -0.497 e. The molecule has 0 saturated heterocycles. The van der Waals surface area contributed by atoms with Gasteiger partial charge in [-0.2, -0.15) is 0 Å². The van der Waals surface area contributed by atoms with Crippen molar-refractivity contribution in [2.45, 2.75) is 6.42 Å². The third-order valence-electron chi connectivity index (χ3n) is 2.52. The second-order valence-corrected chi connectivity index (χ2v) is 3.33. The average molecular weight is 190 g/mol. The molecule has 2 rings (SSSR count). The van der Waals surface area contributed by atoms with E-state index in [1.54, 1.807) is 19.2 Å². The summed E-state index contributed by atoms with van der Waals surface area (Å²) < 4.78 is 5.04. The summed E-state index contributed by atoms with van der Waals surface area (Å²) in [6.07, 6.45) is 1.23. The SMILES string of the molecule is COc1ccc2c(c1)CC(C=O)C2=O. The highest BCUT2D eigenvalue weighted by atomic mass is 16.5. The normalized spacial score (nSPS) is 19.2. The fourth-order valence-corrected chi connectivity index (χ4v) is 1.75. The number of methoxy groups -OCH3 is 1. The fraction of sp³-hybridized carbons (Fsp3) is 0.273. The topological polar surface area (TPSA) is 43.4 Å². The van der Waals surface area contributed by atoms with Crippen molar-refractivity contribution in [2.24, 2.45) is 5.92 Å². The number of hydrogen-bond donors (Lipinski definition) is 0. The first kappa shape index (κ1) is 8.94. The number of ketones is 1. The fourth-order valence-electron chi connectivity index (χ4n) is 1.75. The second-order valence-electron chi connectivity index (χ2n) is 3.33. The van der Waals surface area contributed by atoms with E-state index in [1.807, 2.05) is 6.07 Å². The van der Waals surface area contributed by atoms with Crippen molar-refractivity contribution in [3.8, 4) is 5.75 Å². The molecule has 1 aliphatic rings. The lowest BCUT2D eigenvalue weighted by Crippen LogP contribution is -2.09. The minimum absolute atomic E-state index is 0.0716. The van der Waals surface area contributed by atoms with Crippen LogP contribution in [0.15, 0.2) is 18.2 Å². The zero-order valence-corrected chi connectivity index (χ0v) is 7.82. The number of fused-ring (bicyclic) bond motifs is 1. The quantitative estimate of drug-likeness (QED) is 0.520. The molecule has 0 bridgehead atoms. The van der Waals surface area contributed by atoms with Gasteiger partial charge >= 0.3 is 0 Å². The molecule has 1 aliphatic carbocycles. The molecule has 0 radical (unpaired) electrons. The molecule has 1 aromatic carbocycles. The molecule has 0 spiro atoms. The van der Waals surface area contributed by atoms with Gasteiger partial charge in [-0.1, -0.05) is 0 Å². The Morgan fingerprint density at radius 1 is 1.50 bits per heavy atom. The first-order chi connectivity index (χ1) is 6.76. The van der Waals surface area contributed by atoms with Crippen molar-refractivity contribution in [2.75, 3.05) is 7.11 Å². The summed E-state index contributed by atoms with van der Waals surface area (Å²) >= 11 is 0. The van der Waals surface area contributed by atoms with Crippen LogP contribution in [0.3, 0.4) is 0 Å². The number of benzene rings is 1. The number of carbonyl (C=O) groups is 2. The monoisotopic (exact) mass is 190 g/mol. The van der Waals surface area contributed by atoms with Crippen molar-refractivity contribution in [3.63, 3.8) is 0 Å². The Morgan fingerprint density at radius 2 is 2.29 bits per heavy atom. The van der Waals surface area contributed by atoms with Crippen molar-refractivity contribution in [1.29, 1.82) is 0 Å². The molecule has 1 aromatic rings. The molecule has 0 N–H and O–H groups in total. The number of aldehydes is 1. The van der Waals surface area contributed by atoms with Crippen LogP contribution in [-0.4, -0.2) is 19.2 Å². The lowest BCUT2D eigenvalue weighted by atomic mass is 10.1. The highest BCUT2D eigenvalue weighted by Gasteiger charge is 2.30. The molecular weight excluding hydrogens is 180 g/mol. The molecule has 14 heavy (non-hydrogen) atoms. The predicted octanol–water partition coefficient (Wildman–Crippen LogP) is 1.25. The largest absolute Gasteiger partial charge is 0.497 e. The lowest BCUT2D eigenvalue weighted by molar-refractivity contribution is -0.109. The van der Waals surface area contributed by atoms with Gasteiger partial charge in [-0.05, 0) is 30.2 Å². The lowest BCUT2D eigenvalue weighted by Gasteiger charge is -2.01. The summed E-state index contributed by atoms with van der Waals surface area (Å²) in [4.78, 5) is 22.1. The van der Waals surface area contributed by atoms with Crippen LogP contribution in [0.5, 0.6) is 5.75 Å². The van der Waals surface area contributed by atoms with Gasteiger partial charge in [0.25, 0.3) is 0 Å². The number of hydrogen-bond acceptors (Lipinski definition) is 3. The van der Waals surface area contributed by atoms with Crippen LogP contribution in [-0.2, 0) is 11.2 Å². The molecule has 1 unspecified atom stereocenters. The summed E-state index contributed by atoms with van der Waals surface area (Å²) in [7, 11) is 1.58. The zero-order valence-electron chi connectivity index (χ0n) is 7.82. The Labute approximate surface area is 81.7 Å². The van der Waals surface area contributed by atoms with E-state index in [9.17, 15) is 9.59 Å². The molecule has 0 heterocycles. The van der Waals surface area contributed by atoms with E-state index in [4.69, 9.17) is 4.74 Å². The Hall–Kier alpha value is -1.64. The Balaban J connectivity index is 2.43. The van der Waals surface area contributed by atoms with Crippen molar-refractivity contribution < 1.29 is 14.3 Å². The molecule has 0 saturated carbocycles. The van der Waals surface area contributed by atoms with Gasteiger partial charge in [-0.25, -0.2) is 0 Å². The molecule has 0 aliphatic heterocycles. The van der Waals surface area contributed by atoms with Crippen LogP contribution in [0.25, 0.3) is 0 Å². The molecule has 72 valence electrons. The van der Waals surface area contributed by atoms with Crippen LogP contribution < -0.4 is 4.74 Å². The van der Waals surface area contributed by atoms with Crippen LogP contribution in [0.2, 0.25) is 0 Å². The highest BCUT2D eigenvalue weighted by Crippen LogP contribution is 2.28. The van der Waals surface area contributed by atoms with E-state index >= 15 is 0 Å². The third kappa shape index (κ3) is 1.21. The molecule has 1 atom stereocenters. The summed E-state index contributed by atoms with van der Waals surface area (Å²) in [5.41, 5.74) is 1.56. The average Bonchev–Trinajstić information content (AvgIpc) is 2.55. The van der Waals surface area contributed by atoms with E-state index in [0.29, 0.717) is 12.0 Å². The Bertz CT molecular complexity index is 396. The number of carbonyl (C=O) groups excluding carboxylic acids is 2. The standard InChI is InChI=1S/C11H10O3/c1-14-9-2-3-10-7(5-9)4-8(6-12)11(10)13/h2-3,5-6,8H,4H2,1H3. The van der Waals surface area contributed by atoms with E-state index in [-0.39, 0.29) is 5.78 Å². The highest BCUT2D eigenvalue weighted by molar-refractivity contribution is 6.09. The van der Waals surface area contributed by atoms with Gasteiger partial charge in [-0.3, -0.25) is 4.79 Å². The number of rotatable bonds is 2. The first-order valence-corrected chi connectivity index (χ1v) is 4.42. The van der Waals surface area contributed by atoms with E-state index in [0.717, 1.165) is 17.6 Å². The zero-order chi connectivity index (χ0) is 10.1. The van der Waals surface area contributed by atoms with Crippen molar-refractivity contribution >= 4 is 12.1 Å². The van der Waals surface area contributed by atoms with Gasteiger partial charge in [0.05, 0.1) is 13.0 Å². The van der Waals surface area contributed by atoms with Gasteiger partial charge in [-0.15, -0.1) is 0 Å². The smallest absolute Gasteiger partial charge is 0.173 e. The van der Waals surface area contributed by atoms with Gasteiger partial charge in [0.15, 0.2) is 5.78 Å². The molecule has 0 aromatic heterocycles. The Morgan fingerprint density at radius 3 is 2.93 bits per heavy atom. The van der Waals surface area contributed by atoms with E-state index < -0.39 is 5.92 Å². The number of Topliss-reactive ketones (excluding diaryl/α,β-unsaturated/α-hetero) is 1. The summed E-state index contributed by atoms with van der Waals surface area (Å²) in [6, 6.07) is 5.28. The van der Waals surface area contributed by atoms with Crippen molar-refractivity contribution in [3.05, 3.63) is 29.3 Å². The molecular formula is C11H10O3. The molecule has 0 amide bonds. The van der Waals surface area contributed by atoms with Gasteiger partial charge in [0, 0.05) is 5.56 Å². The van der Waals surface area contributed by atoms with Crippen LogP contribution in [0, 0.1) is 5.92 Å². The van der Waals surface area contributed by atoms with E-state index in [2.05, 4.69) is 0 Å². The maximum atomic E-state index is 11.6. The molecule has 0 fully saturated rings. The third-order valence-corrected chi connectivity index (χ3v) is 2.52. The molecule has 3 heteroatoms. The summed E-state index contributed by atoms with van der Waals surface area (Å²) in [5.74, 6) is 0.165. The minimum atomic E-state index is -0.489. The number of ether oxygens (including phenoxy) is 1. The maximum Gasteiger partial charge on any atom is 0.173 e. The molecule has 3 nitrogen and oxygen atoms in total. The summed E-state index contributed by atoms with van der Waals surface area (Å²) in [6.45, 7) is 0. The van der Waals surface area contributed by atoms with Crippen molar-refractivity contribution in [1.82, 2.24) is 0 Å². The second kappa shape index (κ2) is 3.25. The Kier molecular flexibility index (Phi) is 2.08. The van der Waals surface area contributed by atoms with Gasteiger partial charge in [0.1, 0.15) is 12.0 Å². The first-order valence-electron chi connectivity index (χ1n) is 4.42. The van der Waals surface area contributed by atoms with Gasteiger partial charge < -0.3 is 9.53 Å². The van der Waals surface area contributed by atoms with Crippen LogP contribution in [0.4, 0.5) is 0 Å². The van der Waals surface area contributed by atoms with E-state index in [1.165, 1.54) is 0 Å². The predicted molar refractivity (Wildman–Crippen MR) is 50.6 cm³/mol. The maximum absolute atomic E-state index is 11.6.